The average molecular weight is 455 g/mol. The molecule has 8 nitrogen and oxygen atoms in total. The van der Waals surface area contributed by atoms with Gasteiger partial charge in [0, 0.05) is 24.5 Å². The highest BCUT2D eigenvalue weighted by Gasteiger charge is 2.54. The Morgan fingerprint density at radius 3 is 2.45 bits per heavy atom. The Morgan fingerprint density at radius 2 is 1.87 bits per heavy atom. The second-order valence-electron chi connectivity index (χ2n) is 8.44. The van der Waals surface area contributed by atoms with Gasteiger partial charge in [-0.05, 0) is 52.3 Å². The van der Waals surface area contributed by atoms with Gasteiger partial charge in [-0.2, -0.15) is 0 Å². The van der Waals surface area contributed by atoms with E-state index in [-0.39, 0.29) is 26.2 Å². The van der Waals surface area contributed by atoms with E-state index >= 15 is 0 Å². The van der Waals surface area contributed by atoms with Crippen LogP contribution in [0.15, 0.2) is 24.3 Å². The molecule has 0 bridgehead atoms. The van der Waals surface area contributed by atoms with Crippen molar-refractivity contribution >= 4 is 29.6 Å². The van der Waals surface area contributed by atoms with E-state index in [1.54, 1.807) is 51.7 Å². The molecule has 1 saturated heterocycles. The molecule has 2 rings (SSSR count). The van der Waals surface area contributed by atoms with Crippen LogP contribution < -0.4 is 5.32 Å². The summed E-state index contributed by atoms with van der Waals surface area (Å²) in [6, 6.07) is 6.48. The summed E-state index contributed by atoms with van der Waals surface area (Å²) in [6.45, 7) is 9.30. The van der Waals surface area contributed by atoms with Crippen molar-refractivity contribution in [2.75, 3.05) is 19.8 Å². The van der Waals surface area contributed by atoms with Crippen LogP contribution in [0.25, 0.3) is 0 Å². The summed E-state index contributed by atoms with van der Waals surface area (Å²) >= 11 is 6.10. The first-order chi connectivity index (χ1) is 14.5. The van der Waals surface area contributed by atoms with E-state index < -0.39 is 35.2 Å². The molecule has 2 atom stereocenters. The van der Waals surface area contributed by atoms with Crippen molar-refractivity contribution in [2.45, 2.75) is 64.8 Å². The fourth-order valence-corrected chi connectivity index (χ4v) is 3.76. The number of alkyl carbamates (subject to hydrolysis) is 1. The Bertz CT molecular complexity index is 809. The number of carbonyl (C=O) groups excluding carboxylic acids is 3. The molecule has 9 heteroatoms. The molecule has 172 valence electrons. The molecule has 2 unspecified atom stereocenters. The summed E-state index contributed by atoms with van der Waals surface area (Å²) in [6.07, 6.45) is -0.752. The molecule has 0 aliphatic carbocycles. The second-order valence-corrected chi connectivity index (χ2v) is 8.87. The number of esters is 2. The zero-order valence-corrected chi connectivity index (χ0v) is 19.5. The SMILES string of the molecule is CCOC(=O)C1CC(NC(=O)OC(C)(C)C)(C(=O)OCC)CN1Cc1cccc(Cl)c1. The van der Waals surface area contributed by atoms with Crippen LogP contribution in [-0.4, -0.2) is 59.9 Å². The first-order valence-corrected chi connectivity index (χ1v) is 10.7. The molecule has 0 saturated carbocycles. The van der Waals surface area contributed by atoms with Crippen LogP contribution in [0.5, 0.6) is 0 Å². The maximum absolute atomic E-state index is 13.0. The van der Waals surface area contributed by atoms with Gasteiger partial charge in [0.25, 0.3) is 0 Å². The number of likely N-dealkylation sites (tertiary alicyclic amines) is 1. The lowest BCUT2D eigenvalue weighted by molar-refractivity contribution is -0.150. The first-order valence-electron chi connectivity index (χ1n) is 10.3. The lowest BCUT2D eigenvalue weighted by atomic mass is 9.96. The standard InChI is InChI=1S/C22H31ClN2O6/c1-6-29-18(26)17-12-22(19(27)30-7-2,24-20(28)31-21(3,4)5)14-25(17)13-15-9-8-10-16(23)11-15/h8-11,17H,6-7,12-14H2,1-5H3,(H,24,28). The predicted octanol–water partition coefficient (Wildman–Crippen LogP) is 3.30. The zero-order valence-electron chi connectivity index (χ0n) is 18.7. The molecule has 1 aromatic rings. The predicted molar refractivity (Wildman–Crippen MR) is 116 cm³/mol. The van der Waals surface area contributed by atoms with Gasteiger partial charge >= 0.3 is 18.0 Å². The molecule has 1 fully saturated rings. The molecular weight excluding hydrogens is 424 g/mol. The number of halogens is 1. The van der Waals surface area contributed by atoms with Crippen molar-refractivity contribution in [2.24, 2.45) is 0 Å². The summed E-state index contributed by atoms with van der Waals surface area (Å²) in [5.41, 5.74) is -1.34. The minimum absolute atomic E-state index is 0.00444. The van der Waals surface area contributed by atoms with E-state index in [1.807, 2.05) is 12.1 Å². The minimum Gasteiger partial charge on any atom is -0.465 e. The van der Waals surface area contributed by atoms with Crippen LogP contribution in [-0.2, 0) is 30.3 Å². The van der Waals surface area contributed by atoms with Crippen molar-refractivity contribution in [1.29, 1.82) is 0 Å². The number of carbonyl (C=O) groups is 3. The van der Waals surface area contributed by atoms with Crippen LogP contribution in [0, 0.1) is 0 Å². The Labute approximate surface area is 188 Å². The fourth-order valence-electron chi connectivity index (χ4n) is 3.55. The summed E-state index contributed by atoms with van der Waals surface area (Å²) in [5.74, 6) is -1.09. The van der Waals surface area contributed by atoms with E-state index in [0.29, 0.717) is 11.6 Å². The number of hydrogen-bond acceptors (Lipinski definition) is 7. The largest absolute Gasteiger partial charge is 0.465 e. The normalized spacial score (nSPS) is 21.4. The van der Waals surface area contributed by atoms with Gasteiger partial charge in [-0.3, -0.25) is 9.69 Å². The third kappa shape index (κ3) is 6.83. The quantitative estimate of drug-likeness (QED) is 0.499. The minimum atomic E-state index is -1.45. The topological polar surface area (TPSA) is 94.2 Å². The van der Waals surface area contributed by atoms with Crippen LogP contribution in [0.2, 0.25) is 5.02 Å². The van der Waals surface area contributed by atoms with E-state index in [2.05, 4.69) is 5.32 Å². The Kier molecular flexibility index (Phi) is 8.31. The fraction of sp³-hybridized carbons (Fsp3) is 0.591. The zero-order chi connectivity index (χ0) is 23.2. The smallest absolute Gasteiger partial charge is 0.408 e. The molecule has 1 heterocycles. The summed E-state index contributed by atoms with van der Waals surface area (Å²) in [5, 5.41) is 3.24. The molecular formula is C22H31ClN2O6. The maximum atomic E-state index is 13.0. The van der Waals surface area contributed by atoms with E-state index in [4.69, 9.17) is 25.8 Å². The lowest BCUT2D eigenvalue weighted by Gasteiger charge is -2.29. The van der Waals surface area contributed by atoms with Gasteiger partial charge in [-0.15, -0.1) is 0 Å². The summed E-state index contributed by atoms with van der Waals surface area (Å²) in [4.78, 5) is 40.0. The molecule has 1 N–H and O–H groups in total. The monoisotopic (exact) mass is 454 g/mol. The van der Waals surface area contributed by atoms with E-state index in [9.17, 15) is 14.4 Å². The molecule has 1 amide bonds. The van der Waals surface area contributed by atoms with Crippen molar-refractivity contribution < 1.29 is 28.6 Å². The van der Waals surface area contributed by atoms with Crippen LogP contribution in [0.1, 0.15) is 46.6 Å². The number of amides is 1. The van der Waals surface area contributed by atoms with Gasteiger partial charge in [0.2, 0.25) is 0 Å². The number of benzene rings is 1. The Hall–Kier alpha value is -2.32. The lowest BCUT2D eigenvalue weighted by Crippen LogP contribution is -2.57. The highest BCUT2D eigenvalue weighted by atomic mass is 35.5. The number of hydrogen-bond donors (Lipinski definition) is 1. The average Bonchev–Trinajstić information content (AvgIpc) is 3.00. The van der Waals surface area contributed by atoms with Gasteiger partial charge in [0.1, 0.15) is 11.6 Å². The number of rotatable bonds is 7. The van der Waals surface area contributed by atoms with Crippen molar-refractivity contribution in [1.82, 2.24) is 10.2 Å². The van der Waals surface area contributed by atoms with Gasteiger partial charge in [0.05, 0.1) is 13.2 Å². The number of nitrogens with zero attached hydrogens (tertiary/aromatic N) is 1. The number of ether oxygens (including phenoxy) is 3. The van der Waals surface area contributed by atoms with Crippen molar-refractivity contribution in [3.05, 3.63) is 34.9 Å². The van der Waals surface area contributed by atoms with E-state index in [1.165, 1.54) is 0 Å². The molecule has 1 aromatic carbocycles. The molecule has 0 aromatic heterocycles. The molecule has 0 spiro atoms. The summed E-state index contributed by atoms with van der Waals surface area (Å²) < 4.78 is 15.8. The number of nitrogens with one attached hydrogen (secondary N) is 1. The van der Waals surface area contributed by atoms with Crippen molar-refractivity contribution in [3.8, 4) is 0 Å². The van der Waals surface area contributed by atoms with Crippen LogP contribution in [0.4, 0.5) is 4.79 Å². The summed E-state index contributed by atoms with van der Waals surface area (Å²) in [7, 11) is 0. The Morgan fingerprint density at radius 1 is 1.19 bits per heavy atom. The van der Waals surface area contributed by atoms with E-state index in [0.717, 1.165) is 5.56 Å². The highest BCUT2D eigenvalue weighted by molar-refractivity contribution is 6.30. The third-order valence-electron chi connectivity index (χ3n) is 4.70. The first kappa shape index (κ1) is 24.9. The Balaban J connectivity index is 2.36. The van der Waals surface area contributed by atoms with Gasteiger partial charge in [0.15, 0.2) is 5.54 Å². The van der Waals surface area contributed by atoms with Crippen molar-refractivity contribution in [3.63, 3.8) is 0 Å². The molecule has 31 heavy (non-hydrogen) atoms. The molecule has 1 aliphatic heterocycles. The maximum Gasteiger partial charge on any atom is 0.408 e. The van der Waals surface area contributed by atoms with Gasteiger partial charge in [-0.25, -0.2) is 9.59 Å². The van der Waals surface area contributed by atoms with Gasteiger partial charge in [-0.1, -0.05) is 23.7 Å². The van der Waals surface area contributed by atoms with Crippen LogP contribution >= 0.6 is 11.6 Å². The highest BCUT2D eigenvalue weighted by Crippen LogP contribution is 2.32. The third-order valence-corrected chi connectivity index (χ3v) is 4.93. The van der Waals surface area contributed by atoms with Gasteiger partial charge < -0.3 is 19.5 Å². The second kappa shape index (κ2) is 10.3. The van der Waals surface area contributed by atoms with Crippen LogP contribution in [0.3, 0.4) is 0 Å². The molecule has 0 radical (unpaired) electrons. The molecule has 1 aliphatic rings.